The van der Waals surface area contributed by atoms with Crippen LogP contribution in [0.15, 0.2) is 24.3 Å². The van der Waals surface area contributed by atoms with Crippen molar-refractivity contribution >= 4 is 11.5 Å². The van der Waals surface area contributed by atoms with E-state index in [1.165, 1.54) is 11.5 Å². The van der Waals surface area contributed by atoms with Gasteiger partial charge in [-0.15, -0.1) is 0 Å². The zero-order chi connectivity index (χ0) is 11.4. The lowest BCUT2D eigenvalue weighted by Gasteiger charge is -1.99. The van der Waals surface area contributed by atoms with Gasteiger partial charge in [0.15, 0.2) is 5.82 Å². The normalized spacial score (nSPS) is 10.4. The smallest absolute Gasteiger partial charge is 0.173 e. The minimum Gasteiger partial charge on any atom is -0.497 e. The summed E-state index contributed by atoms with van der Waals surface area (Å²) in [5.41, 5.74) is 1.04. The van der Waals surface area contributed by atoms with Gasteiger partial charge in [0.25, 0.3) is 0 Å². The van der Waals surface area contributed by atoms with Crippen molar-refractivity contribution in [3.8, 4) is 17.1 Å². The fourth-order valence-electron chi connectivity index (χ4n) is 1.43. The van der Waals surface area contributed by atoms with Crippen molar-refractivity contribution in [2.75, 3.05) is 7.11 Å². The Hall–Kier alpha value is -1.42. The second-order valence-corrected chi connectivity index (χ2v) is 4.33. The van der Waals surface area contributed by atoms with Gasteiger partial charge in [-0.2, -0.15) is 4.37 Å². The van der Waals surface area contributed by atoms with Gasteiger partial charge in [-0.25, -0.2) is 4.98 Å². The summed E-state index contributed by atoms with van der Waals surface area (Å²) in [6.45, 7) is 2.15. The maximum atomic E-state index is 5.11. The fraction of sp³-hybridized carbons (Fsp3) is 0.333. The van der Waals surface area contributed by atoms with Crippen molar-refractivity contribution in [1.82, 2.24) is 9.36 Å². The Labute approximate surface area is 99.3 Å². The zero-order valence-electron chi connectivity index (χ0n) is 9.43. The number of aromatic nitrogens is 2. The van der Waals surface area contributed by atoms with Crippen molar-refractivity contribution in [3.05, 3.63) is 29.3 Å². The highest BCUT2D eigenvalue weighted by Gasteiger charge is 2.05. The minimum atomic E-state index is 0.816. The lowest BCUT2D eigenvalue weighted by atomic mass is 10.2. The first-order chi connectivity index (χ1) is 7.83. The number of rotatable bonds is 4. The molecule has 1 aromatic carbocycles. The van der Waals surface area contributed by atoms with Crippen LogP contribution in [0, 0.1) is 0 Å². The third kappa shape index (κ3) is 2.39. The van der Waals surface area contributed by atoms with Gasteiger partial charge in [-0.05, 0) is 42.2 Å². The Morgan fingerprint density at radius 2 is 2.00 bits per heavy atom. The summed E-state index contributed by atoms with van der Waals surface area (Å²) in [5.74, 6) is 1.67. The quantitative estimate of drug-likeness (QED) is 0.815. The van der Waals surface area contributed by atoms with Crippen LogP contribution < -0.4 is 4.74 Å². The van der Waals surface area contributed by atoms with Crippen LogP contribution >= 0.6 is 11.5 Å². The molecule has 0 N–H and O–H groups in total. The average Bonchev–Trinajstić information content (AvgIpc) is 2.78. The first-order valence-corrected chi connectivity index (χ1v) is 6.08. The number of hydrogen-bond acceptors (Lipinski definition) is 4. The molecule has 0 aliphatic carbocycles. The molecule has 0 unspecified atom stereocenters. The zero-order valence-corrected chi connectivity index (χ0v) is 10.3. The second kappa shape index (κ2) is 5.07. The maximum absolute atomic E-state index is 5.11. The molecule has 0 amide bonds. The van der Waals surface area contributed by atoms with Crippen LogP contribution in [-0.2, 0) is 6.42 Å². The Morgan fingerprint density at radius 1 is 1.25 bits per heavy atom. The van der Waals surface area contributed by atoms with E-state index in [1.54, 1.807) is 7.11 Å². The van der Waals surface area contributed by atoms with Crippen LogP contribution in [-0.4, -0.2) is 16.5 Å². The molecule has 4 heteroatoms. The molecule has 0 aliphatic rings. The largest absolute Gasteiger partial charge is 0.497 e. The molecule has 3 nitrogen and oxygen atoms in total. The molecule has 84 valence electrons. The summed E-state index contributed by atoms with van der Waals surface area (Å²) in [7, 11) is 1.66. The number of methoxy groups -OCH3 is 1. The van der Waals surface area contributed by atoms with Gasteiger partial charge in [0.05, 0.1) is 7.11 Å². The molecule has 0 spiro atoms. The van der Waals surface area contributed by atoms with Crippen LogP contribution in [0.25, 0.3) is 11.4 Å². The van der Waals surface area contributed by atoms with Crippen molar-refractivity contribution in [2.45, 2.75) is 19.8 Å². The van der Waals surface area contributed by atoms with Crippen molar-refractivity contribution in [3.63, 3.8) is 0 Å². The molecule has 1 heterocycles. The third-order valence-corrected chi connectivity index (χ3v) is 3.05. The SMILES string of the molecule is CCCc1nc(-c2ccc(OC)cc2)ns1. The lowest BCUT2D eigenvalue weighted by molar-refractivity contribution is 0.415. The summed E-state index contributed by atoms with van der Waals surface area (Å²) in [6, 6.07) is 7.82. The topological polar surface area (TPSA) is 35.0 Å². The molecule has 0 aliphatic heterocycles. The van der Waals surface area contributed by atoms with Gasteiger partial charge < -0.3 is 4.74 Å². The molecule has 16 heavy (non-hydrogen) atoms. The summed E-state index contributed by atoms with van der Waals surface area (Å²) >= 11 is 1.49. The van der Waals surface area contributed by atoms with E-state index in [0.29, 0.717) is 0 Å². The number of nitrogens with zero attached hydrogens (tertiary/aromatic N) is 2. The van der Waals surface area contributed by atoms with Crippen LogP contribution in [0.3, 0.4) is 0 Å². The second-order valence-electron chi connectivity index (χ2n) is 3.49. The van der Waals surface area contributed by atoms with E-state index in [4.69, 9.17) is 4.74 Å². The summed E-state index contributed by atoms with van der Waals surface area (Å²) in [6.07, 6.45) is 2.12. The van der Waals surface area contributed by atoms with E-state index in [0.717, 1.165) is 35.0 Å². The Bertz CT molecular complexity index is 450. The summed E-state index contributed by atoms with van der Waals surface area (Å²) in [5, 5.41) is 1.10. The van der Waals surface area contributed by atoms with Gasteiger partial charge >= 0.3 is 0 Å². The number of aryl methyl sites for hydroxylation is 1. The molecule has 0 bridgehead atoms. The average molecular weight is 234 g/mol. The highest BCUT2D eigenvalue weighted by atomic mass is 32.1. The van der Waals surface area contributed by atoms with Crippen molar-refractivity contribution in [1.29, 1.82) is 0 Å². The minimum absolute atomic E-state index is 0.816. The molecule has 0 saturated heterocycles. The first-order valence-electron chi connectivity index (χ1n) is 5.30. The van der Waals surface area contributed by atoms with E-state index < -0.39 is 0 Å². The van der Waals surface area contributed by atoms with Crippen molar-refractivity contribution in [2.24, 2.45) is 0 Å². The van der Waals surface area contributed by atoms with E-state index in [2.05, 4.69) is 16.3 Å². The molecule has 0 saturated carbocycles. The molecular weight excluding hydrogens is 220 g/mol. The predicted octanol–water partition coefficient (Wildman–Crippen LogP) is 3.17. The van der Waals surface area contributed by atoms with E-state index in [9.17, 15) is 0 Å². The van der Waals surface area contributed by atoms with Crippen LogP contribution in [0.1, 0.15) is 18.4 Å². The van der Waals surface area contributed by atoms with Crippen LogP contribution in [0.4, 0.5) is 0 Å². The molecule has 0 fully saturated rings. The highest BCUT2D eigenvalue weighted by molar-refractivity contribution is 7.05. The van der Waals surface area contributed by atoms with Gasteiger partial charge in [0.1, 0.15) is 10.8 Å². The monoisotopic (exact) mass is 234 g/mol. The van der Waals surface area contributed by atoms with E-state index >= 15 is 0 Å². The Kier molecular flexibility index (Phi) is 3.51. The molecule has 0 radical (unpaired) electrons. The van der Waals surface area contributed by atoms with Crippen LogP contribution in [0.5, 0.6) is 5.75 Å². The van der Waals surface area contributed by atoms with Gasteiger partial charge in [0.2, 0.25) is 0 Å². The summed E-state index contributed by atoms with van der Waals surface area (Å²) < 4.78 is 9.46. The fourth-order valence-corrected chi connectivity index (χ4v) is 2.19. The van der Waals surface area contributed by atoms with Gasteiger partial charge in [-0.1, -0.05) is 6.92 Å². The van der Waals surface area contributed by atoms with Crippen molar-refractivity contribution < 1.29 is 4.74 Å². The van der Waals surface area contributed by atoms with E-state index in [-0.39, 0.29) is 0 Å². The van der Waals surface area contributed by atoms with Gasteiger partial charge in [0, 0.05) is 12.0 Å². The number of hydrogen-bond donors (Lipinski definition) is 0. The maximum Gasteiger partial charge on any atom is 0.173 e. The molecule has 1 aromatic heterocycles. The number of benzene rings is 1. The lowest BCUT2D eigenvalue weighted by Crippen LogP contribution is -1.85. The molecule has 2 rings (SSSR count). The first kappa shape index (κ1) is 11.1. The predicted molar refractivity (Wildman–Crippen MR) is 65.9 cm³/mol. The molecule has 2 aromatic rings. The summed E-state index contributed by atoms with van der Waals surface area (Å²) in [4.78, 5) is 4.49. The van der Waals surface area contributed by atoms with Crippen LogP contribution in [0.2, 0.25) is 0 Å². The molecule has 0 atom stereocenters. The highest BCUT2D eigenvalue weighted by Crippen LogP contribution is 2.21. The Balaban J connectivity index is 2.21. The molecular formula is C12H14N2OS. The third-order valence-electron chi connectivity index (χ3n) is 2.28. The number of ether oxygens (including phenoxy) is 1. The van der Waals surface area contributed by atoms with Gasteiger partial charge in [-0.3, -0.25) is 0 Å². The standard InChI is InChI=1S/C12H14N2OS/c1-3-4-11-13-12(14-16-11)9-5-7-10(15-2)8-6-9/h5-8H,3-4H2,1-2H3. The Morgan fingerprint density at radius 3 is 2.62 bits per heavy atom. The van der Waals surface area contributed by atoms with E-state index in [1.807, 2.05) is 24.3 Å².